The quantitative estimate of drug-likeness (QED) is 0.704. The molecule has 0 saturated carbocycles. The van der Waals surface area contributed by atoms with E-state index in [9.17, 15) is 4.79 Å². The van der Waals surface area contributed by atoms with Gasteiger partial charge in [0.15, 0.2) is 0 Å². The maximum atomic E-state index is 12.9. The predicted molar refractivity (Wildman–Crippen MR) is 101 cm³/mol. The van der Waals surface area contributed by atoms with Crippen LogP contribution in [0, 0.1) is 13.8 Å². The molecule has 1 fully saturated rings. The van der Waals surface area contributed by atoms with Gasteiger partial charge in [0.05, 0.1) is 0 Å². The van der Waals surface area contributed by atoms with Crippen molar-refractivity contribution in [2.24, 2.45) is 0 Å². The number of benzene rings is 1. The van der Waals surface area contributed by atoms with Gasteiger partial charge in [0.2, 0.25) is 0 Å². The van der Waals surface area contributed by atoms with Crippen LogP contribution in [0.1, 0.15) is 21.6 Å². The second kappa shape index (κ2) is 7.14. The fraction of sp³-hybridized carbons (Fsp3) is 0.316. The summed E-state index contributed by atoms with van der Waals surface area (Å²) >= 11 is 0. The highest BCUT2D eigenvalue weighted by atomic mass is 16.2. The van der Waals surface area contributed by atoms with E-state index >= 15 is 0 Å². The van der Waals surface area contributed by atoms with E-state index in [1.807, 2.05) is 43.0 Å². The highest BCUT2D eigenvalue weighted by Gasteiger charge is 2.24. The first kappa shape index (κ1) is 17.1. The molecule has 1 aromatic carbocycles. The minimum atomic E-state index is 0.0418. The predicted octanol–water partition coefficient (Wildman–Crippen LogP) is 1.64. The molecule has 0 bridgehead atoms. The molecule has 0 N–H and O–H groups in total. The molecule has 138 valence electrons. The second-order valence-corrected chi connectivity index (χ2v) is 6.61. The maximum absolute atomic E-state index is 12.9. The van der Waals surface area contributed by atoms with Crippen LogP contribution in [0.4, 0.5) is 5.82 Å². The molecule has 2 aromatic heterocycles. The Bertz CT molecular complexity index is 946. The number of hydrogen-bond donors (Lipinski definition) is 0. The van der Waals surface area contributed by atoms with Gasteiger partial charge in [-0.05, 0) is 32.0 Å². The van der Waals surface area contributed by atoms with Gasteiger partial charge in [0.25, 0.3) is 5.91 Å². The Morgan fingerprint density at radius 3 is 2.48 bits per heavy atom. The van der Waals surface area contributed by atoms with Gasteiger partial charge >= 0.3 is 0 Å². The zero-order chi connectivity index (χ0) is 18.8. The normalized spacial score (nSPS) is 14.4. The van der Waals surface area contributed by atoms with Crippen molar-refractivity contribution >= 4 is 11.7 Å². The summed E-state index contributed by atoms with van der Waals surface area (Å²) in [7, 11) is 0. The van der Waals surface area contributed by atoms with Gasteiger partial charge in [-0.1, -0.05) is 6.07 Å². The van der Waals surface area contributed by atoms with Gasteiger partial charge in [-0.15, -0.1) is 10.2 Å². The van der Waals surface area contributed by atoms with Gasteiger partial charge in [0.1, 0.15) is 24.8 Å². The van der Waals surface area contributed by atoms with Crippen molar-refractivity contribution in [2.45, 2.75) is 13.8 Å². The molecule has 8 heteroatoms. The molecule has 3 heterocycles. The van der Waals surface area contributed by atoms with Crippen LogP contribution in [0.3, 0.4) is 0 Å². The van der Waals surface area contributed by atoms with Crippen LogP contribution in [0.15, 0.2) is 43.2 Å². The minimum Gasteiger partial charge on any atom is -0.353 e. The number of nitrogens with zero attached hydrogens (tertiary/aromatic N) is 7. The van der Waals surface area contributed by atoms with Crippen LogP contribution in [-0.4, -0.2) is 61.7 Å². The lowest BCUT2D eigenvalue weighted by atomic mass is 10.1. The first-order valence-corrected chi connectivity index (χ1v) is 8.91. The van der Waals surface area contributed by atoms with Crippen molar-refractivity contribution in [3.63, 3.8) is 0 Å². The number of carbonyl (C=O) groups is 1. The molecular formula is C19H21N7O. The van der Waals surface area contributed by atoms with Gasteiger partial charge in [-0.3, -0.25) is 9.36 Å². The average molecular weight is 363 g/mol. The lowest BCUT2D eigenvalue weighted by Crippen LogP contribution is -2.49. The van der Waals surface area contributed by atoms with Crippen molar-refractivity contribution in [1.29, 1.82) is 0 Å². The van der Waals surface area contributed by atoms with Crippen molar-refractivity contribution in [1.82, 2.24) is 29.6 Å². The topological polar surface area (TPSA) is 80.0 Å². The molecule has 0 spiro atoms. The summed E-state index contributed by atoms with van der Waals surface area (Å²) < 4.78 is 1.79. The third kappa shape index (κ3) is 3.38. The van der Waals surface area contributed by atoms with E-state index in [0.29, 0.717) is 18.7 Å². The first-order chi connectivity index (χ1) is 13.1. The summed E-state index contributed by atoms with van der Waals surface area (Å²) in [5.74, 6) is 1.00. The van der Waals surface area contributed by atoms with Crippen molar-refractivity contribution in [2.75, 3.05) is 31.1 Å². The minimum absolute atomic E-state index is 0.0418. The van der Waals surface area contributed by atoms with Crippen molar-refractivity contribution < 1.29 is 4.79 Å². The monoisotopic (exact) mass is 363 g/mol. The first-order valence-electron chi connectivity index (χ1n) is 8.91. The lowest BCUT2D eigenvalue weighted by molar-refractivity contribution is 0.0746. The molecule has 4 rings (SSSR count). The van der Waals surface area contributed by atoms with Crippen LogP contribution >= 0.6 is 0 Å². The molecule has 1 aliphatic heterocycles. The number of piperazine rings is 1. The van der Waals surface area contributed by atoms with E-state index in [1.165, 1.54) is 0 Å². The fourth-order valence-corrected chi connectivity index (χ4v) is 3.28. The van der Waals surface area contributed by atoms with Crippen LogP contribution < -0.4 is 4.90 Å². The zero-order valence-corrected chi connectivity index (χ0v) is 15.4. The third-order valence-electron chi connectivity index (χ3n) is 4.99. The van der Waals surface area contributed by atoms with E-state index in [-0.39, 0.29) is 5.91 Å². The van der Waals surface area contributed by atoms with Crippen LogP contribution in [0.2, 0.25) is 0 Å². The molecular weight excluding hydrogens is 342 g/mol. The molecule has 1 amide bonds. The molecule has 0 unspecified atom stereocenters. The Morgan fingerprint density at radius 2 is 1.74 bits per heavy atom. The van der Waals surface area contributed by atoms with Gasteiger partial charge < -0.3 is 9.80 Å². The molecule has 8 nitrogen and oxygen atoms in total. The molecule has 0 aliphatic carbocycles. The average Bonchev–Trinajstić information content (AvgIpc) is 3.25. The standard InChI is InChI=1S/C19H21N7O/c1-14-15(2)20-11-21-18(14)24-6-8-25(9-7-24)19(27)16-4-3-5-17(10-16)26-12-22-23-13-26/h3-5,10-13H,6-9H2,1-2H3. The van der Waals surface area contributed by atoms with Gasteiger partial charge in [0, 0.05) is 48.7 Å². The number of hydrogen-bond acceptors (Lipinski definition) is 6. The van der Waals surface area contributed by atoms with E-state index in [4.69, 9.17) is 0 Å². The third-order valence-corrected chi connectivity index (χ3v) is 4.99. The fourth-order valence-electron chi connectivity index (χ4n) is 3.28. The number of aromatic nitrogens is 5. The van der Waals surface area contributed by atoms with Gasteiger partial charge in [-0.2, -0.15) is 0 Å². The highest BCUT2D eigenvalue weighted by Crippen LogP contribution is 2.20. The number of anilines is 1. The van der Waals surface area contributed by atoms with E-state index in [2.05, 4.69) is 25.1 Å². The summed E-state index contributed by atoms with van der Waals surface area (Å²) in [4.78, 5) is 25.7. The number of carbonyl (C=O) groups excluding carboxylic acids is 1. The Labute approximate surface area is 157 Å². The highest BCUT2D eigenvalue weighted by molar-refractivity contribution is 5.95. The SMILES string of the molecule is Cc1ncnc(N2CCN(C(=O)c3cccc(-n4cnnc4)c3)CC2)c1C. The number of amides is 1. The van der Waals surface area contributed by atoms with E-state index in [1.54, 1.807) is 23.5 Å². The second-order valence-electron chi connectivity index (χ2n) is 6.61. The largest absolute Gasteiger partial charge is 0.353 e. The molecule has 1 aliphatic rings. The van der Waals surface area contributed by atoms with Crippen LogP contribution in [-0.2, 0) is 0 Å². The smallest absolute Gasteiger partial charge is 0.254 e. The summed E-state index contributed by atoms with van der Waals surface area (Å²) in [5, 5.41) is 7.63. The van der Waals surface area contributed by atoms with Gasteiger partial charge in [-0.25, -0.2) is 9.97 Å². The summed E-state index contributed by atoms with van der Waals surface area (Å²) in [5.41, 5.74) is 3.63. The van der Waals surface area contributed by atoms with Crippen LogP contribution in [0.25, 0.3) is 5.69 Å². The Balaban J connectivity index is 1.46. The summed E-state index contributed by atoms with van der Waals surface area (Å²) in [6.45, 7) is 6.88. The summed E-state index contributed by atoms with van der Waals surface area (Å²) in [6, 6.07) is 7.53. The lowest BCUT2D eigenvalue weighted by Gasteiger charge is -2.36. The Morgan fingerprint density at radius 1 is 1.00 bits per heavy atom. The Kier molecular flexibility index (Phi) is 4.53. The van der Waals surface area contributed by atoms with E-state index < -0.39 is 0 Å². The maximum Gasteiger partial charge on any atom is 0.254 e. The van der Waals surface area contributed by atoms with Crippen molar-refractivity contribution in [3.8, 4) is 5.69 Å². The van der Waals surface area contributed by atoms with Crippen LogP contribution in [0.5, 0.6) is 0 Å². The molecule has 3 aromatic rings. The molecule has 1 saturated heterocycles. The molecule has 27 heavy (non-hydrogen) atoms. The van der Waals surface area contributed by atoms with E-state index in [0.717, 1.165) is 35.9 Å². The summed E-state index contributed by atoms with van der Waals surface area (Å²) in [6.07, 6.45) is 4.84. The molecule has 0 atom stereocenters. The Hall–Kier alpha value is -3.29. The zero-order valence-electron chi connectivity index (χ0n) is 15.4. The molecule has 0 radical (unpaired) electrons. The van der Waals surface area contributed by atoms with Crippen molar-refractivity contribution in [3.05, 3.63) is 60.1 Å². The number of aryl methyl sites for hydroxylation is 1. The number of rotatable bonds is 3.